The maximum Gasteiger partial charge on any atom is 0.337 e. The molecule has 1 heterocycles. The third-order valence-electron chi connectivity index (χ3n) is 3.54. The van der Waals surface area contributed by atoms with E-state index in [-0.39, 0.29) is 5.97 Å². The van der Waals surface area contributed by atoms with Crippen LogP contribution < -0.4 is 11.1 Å². The second-order valence-electron chi connectivity index (χ2n) is 5.03. The van der Waals surface area contributed by atoms with Crippen LogP contribution in [0.4, 0.5) is 11.4 Å². The van der Waals surface area contributed by atoms with Crippen molar-refractivity contribution in [1.82, 2.24) is 4.90 Å². The van der Waals surface area contributed by atoms with Crippen molar-refractivity contribution in [1.29, 1.82) is 0 Å². The van der Waals surface area contributed by atoms with Crippen LogP contribution in [0, 0.1) is 0 Å². The second kappa shape index (κ2) is 7.85. The molecule has 0 spiro atoms. The molecule has 21 heavy (non-hydrogen) atoms. The number of carbonyl (C=O) groups is 1. The van der Waals surface area contributed by atoms with Crippen LogP contribution in [0.5, 0.6) is 0 Å². The molecule has 0 aromatic heterocycles. The van der Waals surface area contributed by atoms with E-state index in [0.29, 0.717) is 11.3 Å². The van der Waals surface area contributed by atoms with E-state index in [1.165, 1.54) is 7.11 Å². The summed E-state index contributed by atoms with van der Waals surface area (Å²) in [4.78, 5) is 13.9. The number of methoxy groups -OCH3 is 1. The van der Waals surface area contributed by atoms with Gasteiger partial charge in [-0.05, 0) is 31.2 Å². The predicted molar refractivity (Wildman–Crippen MR) is 82.6 cm³/mol. The molecule has 0 unspecified atom stereocenters. The molecule has 116 valence electrons. The first-order chi connectivity index (χ1) is 10.2. The minimum absolute atomic E-state index is 0.355. The number of ether oxygens (including phenoxy) is 2. The average molecular weight is 293 g/mol. The van der Waals surface area contributed by atoms with Gasteiger partial charge in [-0.2, -0.15) is 0 Å². The number of carbonyl (C=O) groups excluding carboxylic acids is 1. The first-order valence-corrected chi connectivity index (χ1v) is 7.22. The molecule has 0 bridgehead atoms. The Morgan fingerprint density at radius 1 is 1.43 bits per heavy atom. The van der Waals surface area contributed by atoms with E-state index < -0.39 is 0 Å². The maximum absolute atomic E-state index is 11.5. The topological polar surface area (TPSA) is 76.8 Å². The van der Waals surface area contributed by atoms with Crippen LogP contribution in [-0.4, -0.2) is 57.4 Å². The summed E-state index contributed by atoms with van der Waals surface area (Å²) in [5.41, 5.74) is 7.83. The van der Waals surface area contributed by atoms with E-state index in [4.69, 9.17) is 15.2 Å². The van der Waals surface area contributed by atoms with Gasteiger partial charge in [-0.1, -0.05) is 0 Å². The van der Waals surface area contributed by atoms with Crippen molar-refractivity contribution < 1.29 is 14.3 Å². The van der Waals surface area contributed by atoms with Crippen molar-refractivity contribution in [3.8, 4) is 0 Å². The normalized spacial score (nSPS) is 15.7. The molecule has 1 aromatic rings. The zero-order valence-corrected chi connectivity index (χ0v) is 12.4. The number of morpholine rings is 1. The van der Waals surface area contributed by atoms with E-state index in [1.54, 1.807) is 18.2 Å². The lowest BCUT2D eigenvalue weighted by Gasteiger charge is -2.26. The summed E-state index contributed by atoms with van der Waals surface area (Å²) in [6.45, 7) is 5.49. The van der Waals surface area contributed by atoms with Gasteiger partial charge in [-0.3, -0.25) is 4.90 Å². The lowest BCUT2D eigenvalue weighted by atomic mass is 10.1. The summed E-state index contributed by atoms with van der Waals surface area (Å²) in [5.74, 6) is -0.355. The van der Waals surface area contributed by atoms with E-state index >= 15 is 0 Å². The molecular weight excluding hydrogens is 270 g/mol. The number of benzene rings is 1. The van der Waals surface area contributed by atoms with Gasteiger partial charge in [-0.15, -0.1) is 0 Å². The number of anilines is 2. The first-order valence-electron chi connectivity index (χ1n) is 7.22. The number of nitrogens with one attached hydrogen (secondary N) is 1. The molecule has 0 radical (unpaired) electrons. The second-order valence-corrected chi connectivity index (χ2v) is 5.03. The first kappa shape index (κ1) is 15.6. The quantitative estimate of drug-likeness (QED) is 0.466. The lowest BCUT2D eigenvalue weighted by molar-refractivity contribution is 0.0378. The smallest absolute Gasteiger partial charge is 0.337 e. The lowest BCUT2D eigenvalue weighted by Crippen LogP contribution is -2.37. The standard InChI is InChI=1S/C15H23N3O3/c1-20-15(19)12-3-4-13(16)14(11-12)17-5-2-6-18-7-9-21-10-8-18/h3-4,11,17H,2,5-10,16H2,1H3. The number of nitrogen functional groups attached to an aromatic ring is 1. The Morgan fingerprint density at radius 3 is 2.90 bits per heavy atom. The molecule has 6 heteroatoms. The van der Waals surface area contributed by atoms with Crippen LogP contribution in [0.2, 0.25) is 0 Å². The predicted octanol–water partition coefficient (Wildman–Crippen LogP) is 1.19. The zero-order valence-electron chi connectivity index (χ0n) is 12.4. The van der Waals surface area contributed by atoms with Crippen LogP contribution in [0.1, 0.15) is 16.8 Å². The highest BCUT2D eigenvalue weighted by Gasteiger charge is 2.10. The molecule has 1 aliphatic rings. The number of hydrogen-bond donors (Lipinski definition) is 2. The Kier molecular flexibility index (Phi) is 5.83. The van der Waals surface area contributed by atoms with Gasteiger partial charge in [0.05, 0.1) is 37.3 Å². The number of nitrogens with two attached hydrogens (primary N) is 1. The molecule has 2 rings (SSSR count). The summed E-state index contributed by atoms with van der Waals surface area (Å²) >= 11 is 0. The molecule has 1 fully saturated rings. The van der Waals surface area contributed by atoms with Gasteiger partial charge >= 0.3 is 5.97 Å². The monoisotopic (exact) mass is 293 g/mol. The molecule has 3 N–H and O–H groups in total. The Bertz CT molecular complexity index is 473. The Morgan fingerprint density at radius 2 is 2.19 bits per heavy atom. The SMILES string of the molecule is COC(=O)c1ccc(N)c(NCCCN2CCOCC2)c1. The number of nitrogens with zero attached hydrogens (tertiary/aromatic N) is 1. The van der Waals surface area contributed by atoms with E-state index in [1.807, 2.05) is 0 Å². The molecule has 0 saturated carbocycles. The minimum atomic E-state index is -0.355. The van der Waals surface area contributed by atoms with Crippen LogP contribution in [0.25, 0.3) is 0 Å². The molecule has 1 aliphatic heterocycles. The van der Waals surface area contributed by atoms with Crippen molar-refractivity contribution in [2.45, 2.75) is 6.42 Å². The zero-order chi connectivity index (χ0) is 15.1. The number of rotatable bonds is 6. The summed E-state index contributed by atoms with van der Waals surface area (Å²) in [6, 6.07) is 5.12. The van der Waals surface area contributed by atoms with Gasteiger partial charge in [0.15, 0.2) is 0 Å². The molecule has 0 atom stereocenters. The highest BCUT2D eigenvalue weighted by Crippen LogP contribution is 2.20. The van der Waals surface area contributed by atoms with Crippen LogP contribution in [0.3, 0.4) is 0 Å². The van der Waals surface area contributed by atoms with Crippen LogP contribution >= 0.6 is 0 Å². The summed E-state index contributed by atoms with van der Waals surface area (Å²) < 4.78 is 10.0. The maximum atomic E-state index is 11.5. The number of esters is 1. The molecule has 1 aromatic carbocycles. The van der Waals surface area contributed by atoms with Gasteiger partial charge in [0, 0.05) is 19.6 Å². The summed E-state index contributed by atoms with van der Waals surface area (Å²) in [7, 11) is 1.37. The molecule has 6 nitrogen and oxygen atoms in total. The molecular formula is C15H23N3O3. The van der Waals surface area contributed by atoms with Crippen molar-refractivity contribution >= 4 is 17.3 Å². The number of hydrogen-bond acceptors (Lipinski definition) is 6. The highest BCUT2D eigenvalue weighted by molar-refractivity contribution is 5.91. The van der Waals surface area contributed by atoms with Gasteiger partial charge in [0.2, 0.25) is 0 Å². The van der Waals surface area contributed by atoms with Crippen molar-refractivity contribution in [2.24, 2.45) is 0 Å². The average Bonchev–Trinajstić information content (AvgIpc) is 2.53. The third-order valence-corrected chi connectivity index (χ3v) is 3.54. The molecule has 0 aliphatic carbocycles. The van der Waals surface area contributed by atoms with Gasteiger partial charge in [0.1, 0.15) is 0 Å². The Hall–Kier alpha value is -1.79. The van der Waals surface area contributed by atoms with Crippen LogP contribution in [0.15, 0.2) is 18.2 Å². The minimum Gasteiger partial charge on any atom is -0.465 e. The largest absolute Gasteiger partial charge is 0.465 e. The van der Waals surface area contributed by atoms with Crippen molar-refractivity contribution in [3.05, 3.63) is 23.8 Å². The molecule has 1 saturated heterocycles. The van der Waals surface area contributed by atoms with Gasteiger partial charge < -0.3 is 20.5 Å². The Labute approximate surface area is 125 Å². The fourth-order valence-corrected chi connectivity index (χ4v) is 2.30. The van der Waals surface area contributed by atoms with Crippen molar-refractivity contribution in [3.63, 3.8) is 0 Å². The van der Waals surface area contributed by atoms with Gasteiger partial charge in [-0.25, -0.2) is 4.79 Å². The Balaban J connectivity index is 1.80. The molecule has 0 amide bonds. The van der Waals surface area contributed by atoms with Crippen molar-refractivity contribution in [2.75, 3.05) is 57.6 Å². The summed E-state index contributed by atoms with van der Waals surface area (Å²) in [6.07, 6.45) is 1.02. The van der Waals surface area contributed by atoms with Gasteiger partial charge in [0.25, 0.3) is 0 Å². The highest BCUT2D eigenvalue weighted by atomic mass is 16.5. The summed E-state index contributed by atoms with van der Waals surface area (Å²) in [5, 5.41) is 3.28. The van der Waals surface area contributed by atoms with Crippen LogP contribution in [-0.2, 0) is 9.47 Å². The van der Waals surface area contributed by atoms with E-state index in [2.05, 4.69) is 10.2 Å². The fourth-order valence-electron chi connectivity index (χ4n) is 2.30. The van der Waals surface area contributed by atoms with E-state index in [9.17, 15) is 4.79 Å². The third kappa shape index (κ3) is 4.61. The van der Waals surface area contributed by atoms with E-state index in [0.717, 1.165) is 51.5 Å². The fraction of sp³-hybridized carbons (Fsp3) is 0.533.